The Morgan fingerprint density at radius 3 is 2.89 bits per heavy atom. The molecule has 1 N–H and O–H groups in total. The van der Waals surface area contributed by atoms with Crippen LogP contribution in [0.1, 0.15) is 34.5 Å². The SMILES string of the molecule is Cc1ccc2[nH]nc(C(=O)N3CCCC4(C3)C(=O)N(C)c3ccccc34)c2c1. The quantitative estimate of drug-likeness (QED) is 0.712. The maximum absolute atomic E-state index is 13.3. The van der Waals surface area contributed by atoms with Crippen LogP contribution >= 0.6 is 0 Å². The number of H-pyrrole nitrogens is 1. The average Bonchev–Trinajstić information content (AvgIpc) is 3.22. The van der Waals surface area contributed by atoms with Crippen LogP contribution in [0.5, 0.6) is 0 Å². The minimum atomic E-state index is -0.652. The number of likely N-dealkylation sites (tertiary alicyclic amines) is 1. The number of piperidine rings is 1. The van der Waals surface area contributed by atoms with Gasteiger partial charge in [-0.15, -0.1) is 0 Å². The molecule has 0 aliphatic carbocycles. The highest BCUT2D eigenvalue weighted by Crippen LogP contribution is 2.46. The number of anilines is 1. The lowest BCUT2D eigenvalue weighted by Crippen LogP contribution is -2.53. The van der Waals surface area contributed by atoms with Crippen molar-refractivity contribution in [1.29, 1.82) is 0 Å². The van der Waals surface area contributed by atoms with Gasteiger partial charge in [0.25, 0.3) is 5.91 Å². The van der Waals surface area contributed by atoms with E-state index < -0.39 is 5.41 Å². The number of hydrogen-bond acceptors (Lipinski definition) is 3. The normalized spacial score (nSPS) is 21.6. The molecule has 1 aromatic heterocycles. The summed E-state index contributed by atoms with van der Waals surface area (Å²) in [5.74, 6) is -0.0373. The Bertz CT molecular complexity index is 1120. The molecule has 6 heteroatoms. The third kappa shape index (κ3) is 2.24. The van der Waals surface area contributed by atoms with Crippen LogP contribution in [0.25, 0.3) is 10.9 Å². The molecule has 3 heterocycles. The van der Waals surface area contributed by atoms with Gasteiger partial charge in [-0.25, -0.2) is 0 Å². The Morgan fingerprint density at radius 1 is 1.21 bits per heavy atom. The van der Waals surface area contributed by atoms with Crippen LogP contribution in [-0.2, 0) is 10.2 Å². The summed E-state index contributed by atoms with van der Waals surface area (Å²) in [6.07, 6.45) is 1.55. The lowest BCUT2D eigenvalue weighted by Gasteiger charge is -2.39. The molecule has 3 aromatic rings. The number of benzene rings is 2. The van der Waals surface area contributed by atoms with Crippen molar-refractivity contribution in [3.8, 4) is 0 Å². The first-order valence-electron chi connectivity index (χ1n) is 9.63. The molecule has 2 aliphatic rings. The van der Waals surface area contributed by atoms with E-state index in [1.807, 2.05) is 56.4 Å². The topological polar surface area (TPSA) is 69.3 Å². The van der Waals surface area contributed by atoms with E-state index in [9.17, 15) is 9.59 Å². The van der Waals surface area contributed by atoms with Gasteiger partial charge in [0.05, 0.1) is 10.9 Å². The van der Waals surface area contributed by atoms with E-state index >= 15 is 0 Å². The number of rotatable bonds is 1. The predicted molar refractivity (Wildman–Crippen MR) is 107 cm³/mol. The maximum Gasteiger partial charge on any atom is 0.275 e. The van der Waals surface area contributed by atoms with Crippen molar-refractivity contribution in [2.75, 3.05) is 25.0 Å². The second kappa shape index (κ2) is 5.92. The van der Waals surface area contributed by atoms with E-state index in [0.717, 1.165) is 40.6 Å². The smallest absolute Gasteiger partial charge is 0.275 e. The molecule has 1 spiro atoms. The van der Waals surface area contributed by atoms with Crippen LogP contribution in [-0.4, -0.2) is 47.0 Å². The molecule has 5 rings (SSSR count). The highest BCUT2D eigenvalue weighted by atomic mass is 16.2. The van der Waals surface area contributed by atoms with E-state index in [4.69, 9.17) is 0 Å². The number of para-hydroxylation sites is 1. The fraction of sp³-hybridized carbons (Fsp3) is 0.318. The minimum Gasteiger partial charge on any atom is -0.336 e. The van der Waals surface area contributed by atoms with Gasteiger partial charge < -0.3 is 9.80 Å². The van der Waals surface area contributed by atoms with E-state index in [2.05, 4.69) is 10.2 Å². The van der Waals surface area contributed by atoms with Gasteiger partial charge in [-0.1, -0.05) is 29.8 Å². The van der Waals surface area contributed by atoms with Crippen molar-refractivity contribution in [3.05, 3.63) is 59.3 Å². The molecule has 1 atom stereocenters. The zero-order valence-electron chi connectivity index (χ0n) is 16.0. The van der Waals surface area contributed by atoms with Crippen molar-refractivity contribution in [2.24, 2.45) is 0 Å². The first kappa shape index (κ1) is 17.0. The summed E-state index contributed by atoms with van der Waals surface area (Å²) in [6, 6.07) is 13.8. The monoisotopic (exact) mass is 374 g/mol. The number of carbonyl (C=O) groups is 2. The van der Waals surface area contributed by atoms with E-state index in [1.165, 1.54) is 0 Å². The van der Waals surface area contributed by atoms with Crippen LogP contribution in [0.4, 0.5) is 5.69 Å². The third-order valence-electron chi connectivity index (χ3n) is 6.20. The Labute approximate surface area is 163 Å². The summed E-state index contributed by atoms with van der Waals surface area (Å²) >= 11 is 0. The largest absolute Gasteiger partial charge is 0.336 e. The molecular formula is C22H22N4O2. The van der Waals surface area contributed by atoms with Crippen molar-refractivity contribution in [2.45, 2.75) is 25.2 Å². The van der Waals surface area contributed by atoms with Crippen LogP contribution in [0, 0.1) is 6.92 Å². The van der Waals surface area contributed by atoms with Crippen molar-refractivity contribution in [1.82, 2.24) is 15.1 Å². The number of likely N-dealkylation sites (N-methyl/N-ethyl adjacent to an activating group) is 1. The molecule has 1 saturated heterocycles. The average molecular weight is 374 g/mol. The standard InChI is InChI=1S/C22H22N4O2/c1-14-8-9-17-15(12-14)19(24-23-17)20(27)26-11-5-10-22(13-26)16-6-3-4-7-18(16)25(2)21(22)28/h3-4,6-9,12H,5,10-11,13H2,1-2H3,(H,23,24). The predicted octanol–water partition coefficient (Wildman–Crippen LogP) is 3.02. The molecule has 2 aromatic carbocycles. The lowest BCUT2D eigenvalue weighted by atomic mass is 9.75. The number of aryl methyl sites for hydroxylation is 1. The Balaban J connectivity index is 1.53. The number of aromatic nitrogens is 2. The summed E-state index contributed by atoms with van der Waals surface area (Å²) < 4.78 is 0. The molecule has 2 amide bonds. The Kier molecular flexibility index (Phi) is 3.59. The highest BCUT2D eigenvalue weighted by Gasteiger charge is 2.52. The molecule has 1 fully saturated rings. The number of carbonyl (C=O) groups excluding carboxylic acids is 2. The van der Waals surface area contributed by atoms with Crippen LogP contribution in [0.2, 0.25) is 0 Å². The van der Waals surface area contributed by atoms with E-state index in [1.54, 1.807) is 9.80 Å². The van der Waals surface area contributed by atoms with Gasteiger partial charge >= 0.3 is 0 Å². The van der Waals surface area contributed by atoms with Gasteiger partial charge in [0.1, 0.15) is 0 Å². The van der Waals surface area contributed by atoms with Crippen molar-refractivity contribution < 1.29 is 9.59 Å². The summed E-state index contributed by atoms with van der Waals surface area (Å²) in [5.41, 5.74) is 3.69. The third-order valence-corrected chi connectivity index (χ3v) is 6.20. The zero-order chi connectivity index (χ0) is 19.5. The first-order valence-corrected chi connectivity index (χ1v) is 9.63. The van der Waals surface area contributed by atoms with Gasteiger partial charge in [-0.3, -0.25) is 14.7 Å². The molecule has 0 saturated carbocycles. The molecule has 0 radical (unpaired) electrons. The number of aromatic amines is 1. The second-order valence-electron chi connectivity index (χ2n) is 7.91. The van der Waals surface area contributed by atoms with Gasteiger partial charge in [-0.05, 0) is 43.5 Å². The van der Waals surface area contributed by atoms with Gasteiger partial charge in [0, 0.05) is 31.2 Å². The highest BCUT2D eigenvalue weighted by molar-refractivity contribution is 6.09. The molecule has 142 valence electrons. The number of nitrogens with zero attached hydrogens (tertiary/aromatic N) is 3. The fourth-order valence-electron chi connectivity index (χ4n) is 4.78. The van der Waals surface area contributed by atoms with Crippen LogP contribution in [0.15, 0.2) is 42.5 Å². The summed E-state index contributed by atoms with van der Waals surface area (Å²) in [4.78, 5) is 30.1. The molecule has 6 nitrogen and oxygen atoms in total. The Morgan fingerprint density at radius 2 is 2.04 bits per heavy atom. The molecular weight excluding hydrogens is 352 g/mol. The molecule has 1 unspecified atom stereocenters. The maximum atomic E-state index is 13.3. The first-order chi connectivity index (χ1) is 13.5. The van der Waals surface area contributed by atoms with Crippen molar-refractivity contribution in [3.63, 3.8) is 0 Å². The number of hydrogen-bond donors (Lipinski definition) is 1. The van der Waals surface area contributed by atoms with Crippen LogP contribution in [0.3, 0.4) is 0 Å². The summed E-state index contributed by atoms with van der Waals surface area (Å²) in [5, 5.41) is 8.08. The number of fused-ring (bicyclic) bond motifs is 3. The van der Waals surface area contributed by atoms with Crippen LogP contribution < -0.4 is 4.90 Å². The van der Waals surface area contributed by atoms with E-state index in [0.29, 0.717) is 18.8 Å². The molecule has 0 bridgehead atoms. The molecule has 28 heavy (non-hydrogen) atoms. The van der Waals surface area contributed by atoms with Gasteiger partial charge in [-0.2, -0.15) is 5.10 Å². The van der Waals surface area contributed by atoms with Crippen molar-refractivity contribution >= 4 is 28.4 Å². The zero-order valence-corrected chi connectivity index (χ0v) is 16.0. The number of amides is 2. The fourth-order valence-corrected chi connectivity index (χ4v) is 4.78. The second-order valence-corrected chi connectivity index (χ2v) is 7.91. The molecule has 2 aliphatic heterocycles. The minimum absolute atomic E-state index is 0.0777. The van der Waals surface area contributed by atoms with E-state index in [-0.39, 0.29) is 11.8 Å². The van der Waals surface area contributed by atoms with Gasteiger partial charge in [0.15, 0.2) is 5.69 Å². The summed E-state index contributed by atoms with van der Waals surface area (Å²) in [7, 11) is 1.82. The lowest BCUT2D eigenvalue weighted by molar-refractivity contribution is -0.124. The Hall–Kier alpha value is -3.15. The van der Waals surface area contributed by atoms with Gasteiger partial charge in [0.2, 0.25) is 5.91 Å². The number of nitrogens with one attached hydrogen (secondary N) is 1. The summed E-state index contributed by atoms with van der Waals surface area (Å²) in [6.45, 7) is 3.03.